The molecular formula is C23H37NO2S. The number of nitrogens with one attached hydrogen (secondary N) is 1. The lowest BCUT2D eigenvalue weighted by Gasteiger charge is -2.35. The van der Waals surface area contributed by atoms with Crippen molar-refractivity contribution in [1.29, 1.82) is 0 Å². The molecule has 0 aliphatic heterocycles. The fourth-order valence-corrected chi connectivity index (χ4v) is 4.64. The van der Waals surface area contributed by atoms with Crippen LogP contribution in [0.15, 0.2) is 43.0 Å². The molecule has 2 rings (SSSR count). The van der Waals surface area contributed by atoms with Gasteiger partial charge >= 0.3 is 0 Å². The van der Waals surface area contributed by atoms with Crippen molar-refractivity contribution < 1.29 is 8.95 Å². The summed E-state index contributed by atoms with van der Waals surface area (Å²) >= 11 is 0. The van der Waals surface area contributed by atoms with Gasteiger partial charge in [-0.25, -0.2) is 8.93 Å². The third kappa shape index (κ3) is 7.89. The Morgan fingerprint density at radius 1 is 1.22 bits per heavy atom. The largest absolute Gasteiger partial charge is 0.377 e. The fraction of sp³-hybridized carbons (Fsp3) is 0.652. The minimum Gasteiger partial charge on any atom is -0.377 e. The van der Waals surface area contributed by atoms with Gasteiger partial charge in [-0.05, 0) is 63.9 Å². The highest BCUT2D eigenvalue weighted by molar-refractivity contribution is 7.84. The number of benzene rings is 1. The van der Waals surface area contributed by atoms with Crippen LogP contribution in [0.2, 0.25) is 0 Å². The first-order valence-corrected chi connectivity index (χ1v) is 11.5. The molecule has 0 heterocycles. The summed E-state index contributed by atoms with van der Waals surface area (Å²) in [4.78, 5) is 0. The van der Waals surface area contributed by atoms with Gasteiger partial charge in [0, 0.05) is 12.6 Å². The summed E-state index contributed by atoms with van der Waals surface area (Å²) in [5.41, 5.74) is 1.24. The van der Waals surface area contributed by atoms with Crippen LogP contribution in [-0.2, 0) is 22.3 Å². The molecule has 1 N–H and O–H groups in total. The number of ether oxygens (including phenoxy) is 1. The van der Waals surface area contributed by atoms with Crippen LogP contribution in [0.5, 0.6) is 0 Å². The molecule has 2 unspecified atom stereocenters. The first kappa shape index (κ1) is 22.3. The molecule has 0 aromatic heterocycles. The first-order chi connectivity index (χ1) is 12.9. The number of rotatable bonds is 10. The molecule has 4 heteroatoms. The van der Waals surface area contributed by atoms with Crippen LogP contribution in [0.1, 0.15) is 64.9 Å². The van der Waals surface area contributed by atoms with Gasteiger partial charge in [0.1, 0.15) is 0 Å². The van der Waals surface area contributed by atoms with E-state index < -0.39 is 11.0 Å². The summed E-state index contributed by atoms with van der Waals surface area (Å²) in [7, 11) is -1.02. The summed E-state index contributed by atoms with van der Waals surface area (Å²) in [5.74, 6) is 1.35. The quantitative estimate of drug-likeness (QED) is 0.428. The van der Waals surface area contributed by atoms with E-state index in [4.69, 9.17) is 4.74 Å². The van der Waals surface area contributed by atoms with E-state index in [1.807, 2.05) is 32.9 Å². The van der Waals surface area contributed by atoms with Gasteiger partial charge in [0.2, 0.25) is 0 Å². The lowest BCUT2D eigenvalue weighted by molar-refractivity contribution is 0.0963. The van der Waals surface area contributed by atoms with Gasteiger partial charge in [0.15, 0.2) is 0 Å². The van der Waals surface area contributed by atoms with E-state index in [-0.39, 0.29) is 10.8 Å². The van der Waals surface area contributed by atoms with Crippen molar-refractivity contribution in [2.45, 2.75) is 76.7 Å². The standard InChI is InChI=1S/C23H37NO2S/c1-5-9-22(24-27(25)23(2,3)4)21-14-12-19(13-15-21)16-17-26-18-20-10-7-6-8-11-20/h5-8,10-11,19,21-22,24H,1,9,12-18H2,2-4H3. The van der Waals surface area contributed by atoms with Crippen molar-refractivity contribution in [3.05, 3.63) is 48.6 Å². The van der Waals surface area contributed by atoms with Gasteiger partial charge in [-0.2, -0.15) is 0 Å². The van der Waals surface area contributed by atoms with Gasteiger partial charge in [0.05, 0.1) is 22.3 Å². The molecule has 1 aliphatic rings. The molecule has 1 fully saturated rings. The highest BCUT2D eigenvalue weighted by atomic mass is 32.2. The Morgan fingerprint density at radius 3 is 2.48 bits per heavy atom. The van der Waals surface area contributed by atoms with Crippen LogP contribution in [-0.4, -0.2) is 21.6 Å². The second-order valence-electron chi connectivity index (χ2n) is 8.74. The van der Waals surface area contributed by atoms with Gasteiger partial charge in [0.25, 0.3) is 0 Å². The van der Waals surface area contributed by atoms with E-state index in [0.29, 0.717) is 12.5 Å². The molecule has 0 bridgehead atoms. The molecule has 0 amide bonds. The molecule has 1 aromatic rings. The van der Waals surface area contributed by atoms with Crippen LogP contribution in [0.4, 0.5) is 0 Å². The molecule has 1 aromatic carbocycles. The van der Waals surface area contributed by atoms with Crippen LogP contribution in [0.3, 0.4) is 0 Å². The molecule has 152 valence electrons. The van der Waals surface area contributed by atoms with E-state index in [0.717, 1.165) is 25.4 Å². The normalized spacial score (nSPS) is 22.9. The Morgan fingerprint density at radius 2 is 1.89 bits per heavy atom. The molecule has 1 aliphatic carbocycles. The first-order valence-electron chi connectivity index (χ1n) is 10.3. The van der Waals surface area contributed by atoms with E-state index in [1.165, 1.54) is 31.2 Å². The Bertz CT molecular complexity index is 574. The number of hydrogen-bond donors (Lipinski definition) is 1. The third-order valence-corrected chi connectivity index (χ3v) is 7.11. The summed E-state index contributed by atoms with van der Waals surface area (Å²) in [6.45, 7) is 11.5. The lowest BCUT2D eigenvalue weighted by atomic mass is 9.77. The Kier molecular flexibility index (Phi) is 9.20. The minimum atomic E-state index is -1.02. The lowest BCUT2D eigenvalue weighted by Crippen LogP contribution is -2.44. The summed E-state index contributed by atoms with van der Waals surface area (Å²) < 4.78 is 21.5. The predicted molar refractivity (Wildman–Crippen MR) is 116 cm³/mol. The maximum atomic E-state index is 12.5. The van der Waals surface area contributed by atoms with Gasteiger partial charge in [-0.1, -0.05) is 49.2 Å². The average Bonchev–Trinajstić information content (AvgIpc) is 2.65. The smallest absolute Gasteiger partial charge is 0.0972 e. The van der Waals surface area contributed by atoms with Crippen LogP contribution < -0.4 is 4.72 Å². The van der Waals surface area contributed by atoms with Crippen molar-refractivity contribution in [3.8, 4) is 0 Å². The minimum absolute atomic E-state index is 0.229. The molecule has 2 atom stereocenters. The second kappa shape index (κ2) is 11.1. The summed E-state index contributed by atoms with van der Waals surface area (Å²) in [6.07, 6.45) is 8.89. The van der Waals surface area contributed by atoms with Gasteiger partial charge in [-0.3, -0.25) is 0 Å². The molecule has 27 heavy (non-hydrogen) atoms. The van der Waals surface area contributed by atoms with Crippen molar-refractivity contribution in [1.82, 2.24) is 4.72 Å². The highest BCUT2D eigenvalue weighted by Gasteiger charge is 2.30. The molecule has 0 radical (unpaired) electrons. The van der Waals surface area contributed by atoms with E-state index in [9.17, 15) is 4.21 Å². The van der Waals surface area contributed by atoms with Crippen molar-refractivity contribution in [2.24, 2.45) is 11.8 Å². The highest BCUT2D eigenvalue weighted by Crippen LogP contribution is 2.34. The maximum absolute atomic E-state index is 12.5. The predicted octanol–water partition coefficient (Wildman–Crippen LogP) is 5.40. The van der Waals surface area contributed by atoms with Gasteiger partial charge < -0.3 is 4.74 Å². The Labute approximate surface area is 168 Å². The summed E-state index contributed by atoms with van der Waals surface area (Å²) in [6, 6.07) is 10.6. The zero-order valence-corrected chi connectivity index (χ0v) is 18.1. The Hall–Kier alpha value is -0.970. The van der Waals surface area contributed by atoms with Crippen LogP contribution in [0, 0.1) is 11.8 Å². The topological polar surface area (TPSA) is 38.3 Å². The third-order valence-electron chi connectivity index (χ3n) is 5.48. The molecule has 1 saturated carbocycles. The monoisotopic (exact) mass is 391 g/mol. The number of hydrogen-bond acceptors (Lipinski definition) is 2. The van der Waals surface area contributed by atoms with E-state index >= 15 is 0 Å². The molecular weight excluding hydrogens is 354 g/mol. The average molecular weight is 392 g/mol. The van der Waals surface area contributed by atoms with Crippen LogP contribution >= 0.6 is 0 Å². The van der Waals surface area contributed by atoms with Gasteiger partial charge in [-0.15, -0.1) is 6.58 Å². The molecule has 0 spiro atoms. The van der Waals surface area contributed by atoms with E-state index in [2.05, 4.69) is 35.6 Å². The zero-order valence-electron chi connectivity index (χ0n) is 17.3. The Balaban J connectivity index is 1.70. The van der Waals surface area contributed by atoms with Crippen molar-refractivity contribution in [2.75, 3.05) is 6.61 Å². The second-order valence-corrected chi connectivity index (χ2v) is 10.7. The fourth-order valence-electron chi connectivity index (χ4n) is 3.72. The van der Waals surface area contributed by atoms with Crippen molar-refractivity contribution in [3.63, 3.8) is 0 Å². The SMILES string of the molecule is C=CCC(NS(=O)C(C)(C)C)C1CCC(CCOCc2ccccc2)CC1. The maximum Gasteiger partial charge on any atom is 0.0972 e. The molecule has 0 saturated heterocycles. The van der Waals surface area contributed by atoms with Crippen molar-refractivity contribution >= 4 is 11.0 Å². The summed E-state index contributed by atoms with van der Waals surface area (Å²) in [5, 5.41) is 0. The van der Waals surface area contributed by atoms with E-state index in [1.54, 1.807) is 0 Å². The zero-order chi connectivity index (χ0) is 19.7. The molecule has 3 nitrogen and oxygen atoms in total. The van der Waals surface area contributed by atoms with Crippen LogP contribution in [0.25, 0.3) is 0 Å².